The minimum Gasteiger partial charge on any atom is -0.465 e. The molecule has 4 nitrogen and oxygen atoms in total. The lowest BCUT2D eigenvalue weighted by Crippen LogP contribution is -2.20. The highest BCUT2D eigenvalue weighted by atomic mass is 32.1. The molecule has 6 heteroatoms. The predicted molar refractivity (Wildman–Crippen MR) is 106 cm³/mol. The van der Waals surface area contributed by atoms with Crippen molar-refractivity contribution < 1.29 is 9.53 Å². The van der Waals surface area contributed by atoms with Crippen LogP contribution in [-0.2, 0) is 30.4 Å². The molecule has 2 aliphatic carbocycles. The van der Waals surface area contributed by atoms with E-state index in [2.05, 4.69) is 28.8 Å². The summed E-state index contributed by atoms with van der Waals surface area (Å²) >= 11 is 7.08. The number of rotatable bonds is 3. The van der Waals surface area contributed by atoms with Crippen LogP contribution >= 0.6 is 23.6 Å². The highest BCUT2D eigenvalue weighted by molar-refractivity contribution is 7.80. The molecule has 0 radical (unpaired) electrons. The molecule has 2 aliphatic rings. The number of thiophene rings is 1. The largest absolute Gasteiger partial charge is 0.465 e. The first-order chi connectivity index (χ1) is 12.2. The third-order valence-electron chi connectivity index (χ3n) is 4.89. The number of thiocarbonyl (C=S) groups is 1. The molecule has 0 unspecified atom stereocenters. The lowest BCUT2D eigenvalue weighted by atomic mass is 10.1. The van der Waals surface area contributed by atoms with E-state index in [0.29, 0.717) is 10.7 Å². The molecule has 2 N–H and O–H groups in total. The fourth-order valence-electron chi connectivity index (χ4n) is 3.73. The normalized spacial score (nSPS) is 14.8. The van der Waals surface area contributed by atoms with Gasteiger partial charge in [0.1, 0.15) is 5.00 Å². The van der Waals surface area contributed by atoms with E-state index >= 15 is 0 Å². The summed E-state index contributed by atoms with van der Waals surface area (Å²) in [6.07, 6.45) is 6.59. The lowest BCUT2D eigenvalue weighted by Gasteiger charge is -2.12. The zero-order valence-corrected chi connectivity index (χ0v) is 15.7. The van der Waals surface area contributed by atoms with Gasteiger partial charge < -0.3 is 15.4 Å². The number of hydrogen-bond donors (Lipinski definition) is 2. The van der Waals surface area contributed by atoms with Gasteiger partial charge in [-0.1, -0.05) is 6.07 Å². The fraction of sp³-hybridized carbons (Fsp3) is 0.368. The predicted octanol–water partition coefficient (Wildman–Crippen LogP) is 4.32. The smallest absolute Gasteiger partial charge is 0.341 e. The Balaban J connectivity index is 1.52. The van der Waals surface area contributed by atoms with Crippen molar-refractivity contribution in [3.63, 3.8) is 0 Å². The molecule has 0 amide bonds. The molecule has 0 saturated carbocycles. The van der Waals surface area contributed by atoms with Gasteiger partial charge in [0.15, 0.2) is 5.11 Å². The molecule has 1 aromatic heterocycles. The van der Waals surface area contributed by atoms with Crippen LogP contribution in [0.25, 0.3) is 0 Å². The zero-order chi connectivity index (χ0) is 17.4. The Labute approximate surface area is 156 Å². The number of benzene rings is 1. The average Bonchev–Trinajstić information content (AvgIpc) is 3.29. The SMILES string of the molecule is COC(=O)c1c(NC(=S)Nc2ccc3c(c2)CCC3)sc2c1CCC2. The summed E-state index contributed by atoms with van der Waals surface area (Å²) in [7, 11) is 1.42. The summed E-state index contributed by atoms with van der Waals surface area (Å²) in [5.41, 5.74) is 5.60. The van der Waals surface area contributed by atoms with Gasteiger partial charge in [-0.05, 0) is 79.6 Å². The van der Waals surface area contributed by atoms with Crippen LogP contribution in [0.4, 0.5) is 10.7 Å². The molecule has 2 aromatic rings. The van der Waals surface area contributed by atoms with Gasteiger partial charge in [0, 0.05) is 10.6 Å². The van der Waals surface area contributed by atoms with Crippen LogP contribution in [0.15, 0.2) is 18.2 Å². The number of hydrogen-bond acceptors (Lipinski definition) is 4. The molecule has 0 fully saturated rings. The number of methoxy groups -OCH3 is 1. The molecule has 130 valence electrons. The van der Waals surface area contributed by atoms with Crippen molar-refractivity contribution in [2.24, 2.45) is 0 Å². The summed E-state index contributed by atoms with van der Waals surface area (Å²) in [6.45, 7) is 0. The van der Waals surface area contributed by atoms with Crippen molar-refractivity contribution in [3.8, 4) is 0 Å². The average molecular weight is 373 g/mol. The van der Waals surface area contributed by atoms with Crippen molar-refractivity contribution in [1.29, 1.82) is 0 Å². The van der Waals surface area contributed by atoms with Crippen molar-refractivity contribution in [2.75, 3.05) is 17.7 Å². The first-order valence-electron chi connectivity index (χ1n) is 8.58. The Morgan fingerprint density at radius 3 is 2.76 bits per heavy atom. The van der Waals surface area contributed by atoms with Gasteiger partial charge in [0.2, 0.25) is 0 Å². The van der Waals surface area contributed by atoms with Crippen LogP contribution in [0.5, 0.6) is 0 Å². The number of anilines is 2. The maximum absolute atomic E-state index is 12.2. The second-order valence-electron chi connectivity index (χ2n) is 6.47. The summed E-state index contributed by atoms with van der Waals surface area (Å²) in [4.78, 5) is 13.5. The monoisotopic (exact) mass is 372 g/mol. The van der Waals surface area contributed by atoms with E-state index in [1.54, 1.807) is 11.3 Å². The third kappa shape index (κ3) is 3.16. The molecule has 0 bridgehead atoms. The second kappa shape index (κ2) is 6.77. The van der Waals surface area contributed by atoms with Crippen LogP contribution in [0, 0.1) is 0 Å². The third-order valence-corrected chi connectivity index (χ3v) is 6.31. The number of carbonyl (C=O) groups excluding carboxylic acids is 1. The van der Waals surface area contributed by atoms with Crippen LogP contribution in [0.2, 0.25) is 0 Å². The van der Waals surface area contributed by atoms with Gasteiger partial charge >= 0.3 is 5.97 Å². The van der Waals surface area contributed by atoms with Gasteiger partial charge in [-0.25, -0.2) is 4.79 Å². The standard InChI is InChI=1S/C19H20N2O2S2/c1-23-18(22)16-14-6-3-7-15(14)25-17(16)21-19(24)20-13-9-8-11-4-2-5-12(11)10-13/h8-10H,2-7H2,1H3,(H2,20,21,24). The molecule has 0 saturated heterocycles. The van der Waals surface area contributed by atoms with Crippen LogP contribution in [-0.4, -0.2) is 18.2 Å². The van der Waals surface area contributed by atoms with E-state index in [4.69, 9.17) is 17.0 Å². The number of carbonyl (C=O) groups is 1. The first-order valence-corrected chi connectivity index (χ1v) is 9.81. The van der Waals surface area contributed by atoms with E-state index in [1.165, 1.54) is 36.0 Å². The fourth-order valence-corrected chi connectivity index (χ4v) is 5.29. The Morgan fingerprint density at radius 2 is 1.92 bits per heavy atom. The number of ether oxygens (including phenoxy) is 1. The molecular weight excluding hydrogens is 352 g/mol. The van der Waals surface area contributed by atoms with Gasteiger partial charge in [-0.2, -0.15) is 0 Å². The Hall–Kier alpha value is -1.92. The molecular formula is C19H20N2O2S2. The quantitative estimate of drug-likeness (QED) is 0.621. The highest BCUT2D eigenvalue weighted by Crippen LogP contribution is 2.39. The summed E-state index contributed by atoms with van der Waals surface area (Å²) in [5, 5.41) is 7.74. The Morgan fingerprint density at radius 1 is 1.12 bits per heavy atom. The number of aryl methyl sites for hydroxylation is 3. The van der Waals surface area contributed by atoms with Crippen molar-refractivity contribution in [3.05, 3.63) is 45.3 Å². The summed E-state index contributed by atoms with van der Waals surface area (Å²) in [5.74, 6) is -0.290. The van der Waals surface area contributed by atoms with E-state index in [-0.39, 0.29) is 5.97 Å². The maximum atomic E-state index is 12.2. The van der Waals surface area contributed by atoms with Crippen LogP contribution in [0.3, 0.4) is 0 Å². The van der Waals surface area contributed by atoms with Gasteiger partial charge in [-0.15, -0.1) is 11.3 Å². The minimum atomic E-state index is -0.290. The van der Waals surface area contributed by atoms with Gasteiger partial charge in [-0.3, -0.25) is 0 Å². The maximum Gasteiger partial charge on any atom is 0.341 e. The van der Waals surface area contributed by atoms with Gasteiger partial charge in [0.25, 0.3) is 0 Å². The van der Waals surface area contributed by atoms with E-state index in [0.717, 1.165) is 41.9 Å². The number of esters is 1. The van der Waals surface area contributed by atoms with Crippen molar-refractivity contribution in [1.82, 2.24) is 0 Å². The number of nitrogens with one attached hydrogen (secondary N) is 2. The highest BCUT2D eigenvalue weighted by Gasteiger charge is 2.27. The zero-order valence-electron chi connectivity index (χ0n) is 14.1. The molecule has 0 aliphatic heterocycles. The van der Waals surface area contributed by atoms with E-state index < -0.39 is 0 Å². The minimum absolute atomic E-state index is 0.290. The molecule has 0 spiro atoms. The van der Waals surface area contributed by atoms with E-state index in [1.807, 2.05) is 0 Å². The summed E-state index contributed by atoms with van der Waals surface area (Å²) in [6, 6.07) is 6.41. The van der Waals surface area contributed by atoms with E-state index in [9.17, 15) is 4.79 Å². The molecule has 0 atom stereocenters. The molecule has 1 heterocycles. The Bertz CT molecular complexity index is 857. The summed E-state index contributed by atoms with van der Waals surface area (Å²) < 4.78 is 4.97. The first kappa shape index (κ1) is 16.5. The van der Waals surface area contributed by atoms with Gasteiger partial charge in [0.05, 0.1) is 12.7 Å². The second-order valence-corrected chi connectivity index (χ2v) is 7.98. The topological polar surface area (TPSA) is 50.4 Å². The van der Waals surface area contributed by atoms with Crippen LogP contribution in [0.1, 0.15) is 44.8 Å². The van der Waals surface area contributed by atoms with Crippen molar-refractivity contribution >= 4 is 45.3 Å². The van der Waals surface area contributed by atoms with Crippen molar-refractivity contribution in [2.45, 2.75) is 38.5 Å². The lowest BCUT2D eigenvalue weighted by molar-refractivity contribution is 0.0601. The molecule has 25 heavy (non-hydrogen) atoms. The Kier molecular flexibility index (Phi) is 4.48. The number of fused-ring (bicyclic) bond motifs is 2. The van der Waals surface area contributed by atoms with Crippen LogP contribution < -0.4 is 10.6 Å². The molecule has 4 rings (SSSR count). The molecule has 1 aromatic carbocycles.